The van der Waals surface area contributed by atoms with Gasteiger partial charge in [0.2, 0.25) is 10.0 Å². The van der Waals surface area contributed by atoms with E-state index < -0.39 is 10.0 Å². The Bertz CT molecular complexity index is 327. The maximum atomic E-state index is 12.1. The number of sulfonamides is 1. The third-order valence-corrected chi connectivity index (χ3v) is 5.50. The second-order valence-corrected chi connectivity index (χ2v) is 7.19. The van der Waals surface area contributed by atoms with Crippen LogP contribution in [-0.4, -0.2) is 55.6 Å². The molecule has 3 saturated heterocycles. The van der Waals surface area contributed by atoms with E-state index in [9.17, 15) is 8.42 Å². The highest BCUT2D eigenvalue weighted by atomic mass is 32.2. The van der Waals surface area contributed by atoms with Crippen LogP contribution >= 0.6 is 0 Å². The molecule has 0 aromatic carbocycles. The highest BCUT2D eigenvalue weighted by Crippen LogP contribution is 2.34. The lowest BCUT2D eigenvalue weighted by molar-refractivity contribution is 0.00545. The van der Waals surface area contributed by atoms with E-state index in [1.54, 1.807) is 4.31 Å². The van der Waals surface area contributed by atoms with Gasteiger partial charge in [0.25, 0.3) is 0 Å². The Morgan fingerprint density at radius 3 is 2.27 bits per heavy atom. The first kappa shape index (κ1) is 11.4. The SMILES string of the molecule is CC(C)CS(=O)(=O)N1C2CC1CN(C)C2. The molecule has 0 N–H and O–H groups in total. The Morgan fingerprint density at radius 2 is 1.80 bits per heavy atom. The quantitative estimate of drug-likeness (QED) is 0.705. The summed E-state index contributed by atoms with van der Waals surface area (Å²) in [5.41, 5.74) is 0. The van der Waals surface area contributed by atoms with Crippen LogP contribution in [0.3, 0.4) is 0 Å². The minimum absolute atomic E-state index is 0.217. The van der Waals surface area contributed by atoms with Crippen molar-refractivity contribution in [3.05, 3.63) is 0 Å². The molecule has 15 heavy (non-hydrogen) atoms. The molecular formula is C10H20N2O2S. The van der Waals surface area contributed by atoms with Crippen LogP contribution in [0.2, 0.25) is 0 Å². The molecule has 2 atom stereocenters. The molecule has 0 saturated carbocycles. The molecule has 3 aliphatic heterocycles. The van der Waals surface area contributed by atoms with Crippen LogP contribution in [0.15, 0.2) is 0 Å². The Labute approximate surface area is 92.3 Å². The molecule has 3 heterocycles. The van der Waals surface area contributed by atoms with Gasteiger partial charge in [-0.05, 0) is 19.4 Å². The summed E-state index contributed by atoms with van der Waals surface area (Å²) in [5, 5.41) is 0. The zero-order chi connectivity index (χ0) is 11.2. The molecular weight excluding hydrogens is 212 g/mol. The molecule has 4 nitrogen and oxygen atoms in total. The Hall–Kier alpha value is -0.130. The summed E-state index contributed by atoms with van der Waals surface area (Å²) in [6.45, 7) is 5.71. The van der Waals surface area contributed by atoms with Gasteiger partial charge in [-0.1, -0.05) is 13.8 Å². The Kier molecular flexibility index (Phi) is 2.81. The third-order valence-electron chi connectivity index (χ3n) is 3.17. The van der Waals surface area contributed by atoms with Gasteiger partial charge in [0.1, 0.15) is 0 Å². The van der Waals surface area contributed by atoms with Gasteiger partial charge < -0.3 is 4.90 Å². The monoisotopic (exact) mass is 232 g/mol. The molecule has 3 aliphatic rings. The number of hydrogen-bond acceptors (Lipinski definition) is 3. The first-order valence-corrected chi connectivity index (χ1v) is 7.21. The summed E-state index contributed by atoms with van der Waals surface area (Å²) in [4.78, 5) is 2.22. The van der Waals surface area contributed by atoms with Crippen molar-refractivity contribution in [1.29, 1.82) is 0 Å². The van der Waals surface area contributed by atoms with E-state index in [1.165, 1.54) is 0 Å². The van der Waals surface area contributed by atoms with Gasteiger partial charge in [0.05, 0.1) is 5.75 Å². The lowest BCUT2D eigenvalue weighted by Crippen LogP contribution is -2.69. The largest absolute Gasteiger partial charge is 0.303 e. The number of likely N-dealkylation sites (N-methyl/N-ethyl adjacent to an activating group) is 1. The summed E-state index contributed by atoms with van der Waals surface area (Å²) < 4.78 is 25.9. The first-order valence-electron chi connectivity index (χ1n) is 5.60. The highest BCUT2D eigenvalue weighted by Gasteiger charge is 2.49. The van der Waals surface area contributed by atoms with Crippen LogP contribution in [0.4, 0.5) is 0 Å². The van der Waals surface area contributed by atoms with E-state index in [0.717, 1.165) is 19.5 Å². The minimum atomic E-state index is -3.00. The van der Waals surface area contributed by atoms with Crippen molar-refractivity contribution in [2.24, 2.45) is 5.92 Å². The Morgan fingerprint density at radius 1 is 1.27 bits per heavy atom. The molecule has 5 heteroatoms. The fourth-order valence-corrected chi connectivity index (χ4v) is 4.98. The highest BCUT2D eigenvalue weighted by molar-refractivity contribution is 7.89. The molecule has 0 spiro atoms. The minimum Gasteiger partial charge on any atom is -0.303 e. The van der Waals surface area contributed by atoms with Gasteiger partial charge in [-0.15, -0.1) is 0 Å². The van der Waals surface area contributed by atoms with E-state index in [-0.39, 0.29) is 18.0 Å². The van der Waals surface area contributed by atoms with Crippen LogP contribution in [0.5, 0.6) is 0 Å². The molecule has 2 unspecified atom stereocenters. The average Bonchev–Trinajstić information content (AvgIpc) is 1.98. The van der Waals surface area contributed by atoms with Gasteiger partial charge in [-0.2, -0.15) is 4.31 Å². The molecule has 0 amide bonds. The first-order chi connectivity index (χ1) is 6.90. The standard InChI is InChI=1S/C10H20N2O2S/c1-8(2)7-15(13,14)12-9-4-10(12)6-11(3)5-9/h8-10H,4-7H2,1-3H3. The lowest BCUT2D eigenvalue weighted by Gasteiger charge is -2.54. The van der Waals surface area contributed by atoms with E-state index in [1.807, 2.05) is 13.8 Å². The van der Waals surface area contributed by atoms with E-state index >= 15 is 0 Å². The summed E-state index contributed by atoms with van der Waals surface area (Å²) in [6, 6.07) is 0.495. The van der Waals surface area contributed by atoms with Crippen molar-refractivity contribution in [2.45, 2.75) is 32.4 Å². The summed E-state index contributed by atoms with van der Waals surface area (Å²) in [6.07, 6.45) is 1.06. The fraction of sp³-hybridized carbons (Fsp3) is 1.00. The predicted molar refractivity (Wildman–Crippen MR) is 60.2 cm³/mol. The van der Waals surface area contributed by atoms with E-state index in [0.29, 0.717) is 5.75 Å². The molecule has 0 aromatic heterocycles. The number of hydrogen-bond donors (Lipinski definition) is 0. The summed E-state index contributed by atoms with van der Waals surface area (Å²) in [5.74, 6) is 0.512. The van der Waals surface area contributed by atoms with Crippen molar-refractivity contribution in [1.82, 2.24) is 9.21 Å². The zero-order valence-corrected chi connectivity index (χ0v) is 10.5. The molecule has 88 valence electrons. The van der Waals surface area contributed by atoms with Crippen molar-refractivity contribution in [2.75, 3.05) is 25.9 Å². The van der Waals surface area contributed by atoms with Gasteiger partial charge in [0.15, 0.2) is 0 Å². The van der Waals surface area contributed by atoms with E-state index in [4.69, 9.17) is 0 Å². The maximum absolute atomic E-state index is 12.1. The smallest absolute Gasteiger partial charge is 0.214 e. The molecule has 3 rings (SSSR count). The van der Waals surface area contributed by atoms with Crippen LogP contribution in [0.25, 0.3) is 0 Å². The number of rotatable bonds is 3. The number of piperazine rings is 1. The second kappa shape index (κ2) is 3.71. The van der Waals surface area contributed by atoms with Crippen LogP contribution in [0.1, 0.15) is 20.3 Å². The number of nitrogens with zero attached hydrogens (tertiary/aromatic N) is 2. The fourth-order valence-electron chi connectivity index (χ4n) is 2.75. The maximum Gasteiger partial charge on any atom is 0.214 e. The zero-order valence-electron chi connectivity index (χ0n) is 9.68. The Balaban J connectivity index is 2.07. The third kappa shape index (κ3) is 2.05. The molecule has 0 aliphatic carbocycles. The second-order valence-electron chi connectivity index (χ2n) is 5.27. The number of fused-ring (bicyclic) bond motifs is 2. The van der Waals surface area contributed by atoms with Crippen molar-refractivity contribution in [3.63, 3.8) is 0 Å². The van der Waals surface area contributed by atoms with Crippen LogP contribution < -0.4 is 0 Å². The van der Waals surface area contributed by atoms with Gasteiger partial charge in [-0.3, -0.25) is 0 Å². The lowest BCUT2D eigenvalue weighted by atomic mass is 9.92. The van der Waals surface area contributed by atoms with Crippen molar-refractivity contribution >= 4 is 10.0 Å². The van der Waals surface area contributed by atoms with Crippen LogP contribution in [0, 0.1) is 5.92 Å². The molecule has 0 aromatic rings. The van der Waals surface area contributed by atoms with Gasteiger partial charge in [0, 0.05) is 25.2 Å². The molecule has 0 radical (unpaired) electrons. The van der Waals surface area contributed by atoms with Gasteiger partial charge >= 0.3 is 0 Å². The number of piperidine rings is 1. The van der Waals surface area contributed by atoms with Crippen molar-refractivity contribution in [3.8, 4) is 0 Å². The van der Waals surface area contributed by atoms with E-state index in [2.05, 4.69) is 11.9 Å². The molecule has 3 fully saturated rings. The van der Waals surface area contributed by atoms with Gasteiger partial charge in [-0.25, -0.2) is 8.42 Å². The normalized spacial score (nSPS) is 33.1. The average molecular weight is 232 g/mol. The summed E-state index contributed by atoms with van der Waals surface area (Å²) >= 11 is 0. The molecule has 2 bridgehead atoms. The van der Waals surface area contributed by atoms with Crippen molar-refractivity contribution < 1.29 is 8.42 Å². The predicted octanol–water partition coefficient (Wildman–Crippen LogP) is 0.361. The summed E-state index contributed by atoms with van der Waals surface area (Å²) in [7, 11) is -0.938. The topological polar surface area (TPSA) is 40.6 Å². The van der Waals surface area contributed by atoms with Crippen LogP contribution in [-0.2, 0) is 10.0 Å².